The molecule has 2 aromatic carbocycles. The third kappa shape index (κ3) is 5.96. The number of benzene rings is 2. The molecule has 7 nitrogen and oxygen atoms in total. The van der Waals surface area contributed by atoms with E-state index in [-0.39, 0.29) is 35.0 Å². The van der Waals surface area contributed by atoms with Gasteiger partial charge >= 0.3 is 0 Å². The number of hydrogen-bond donors (Lipinski definition) is 1. The van der Waals surface area contributed by atoms with Crippen molar-refractivity contribution in [1.82, 2.24) is 9.62 Å². The molecule has 178 valence electrons. The fourth-order valence-electron chi connectivity index (χ4n) is 3.84. The minimum Gasteiger partial charge on any atom is -0.351 e. The van der Waals surface area contributed by atoms with Gasteiger partial charge in [-0.1, -0.05) is 51.1 Å². The van der Waals surface area contributed by atoms with Crippen LogP contribution in [0, 0.1) is 0 Å². The molecule has 2 aromatic rings. The summed E-state index contributed by atoms with van der Waals surface area (Å²) in [5.41, 5.74) is 1.60. The van der Waals surface area contributed by atoms with Crippen molar-refractivity contribution in [2.75, 3.05) is 30.3 Å². The van der Waals surface area contributed by atoms with Gasteiger partial charge in [0.25, 0.3) is 0 Å². The van der Waals surface area contributed by atoms with Crippen molar-refractivity contribution in [3.8, 4) is 0 Å². The molecule has 0 bridgehead atoms. The fourth-order valence-corrected chi connectivity index (χ4v) is 6.24. The quantitative estimate of drug-likeness (QED) is 0.553. The number of sulfonamides is 1. The number of anilines is 1. The number of nitrogens with one attached hydrogen (secondary N) is 1. The standard InChI is InChI=1S/C24H31N3O4S2/c1-4-19(14-18-10-8-7-9-11-18)25-23(28)16-27-21-15-20(33(30,31)26(5-2)6-3)12-13-22(21)32-17-24(27)29/h7-13,15,19H,4-6,14,16-17H2,1-3H3,(H,25,28). The van der Waals surface area contributed by atoms with Gasteiger partial charge in [-0.05, 0) is 36.6 Å². The number of carbonyl (C=O) groups is 2. The summed E-state index contributed by atoms with van der Waals surface area (Å²) in [5.74, 6) is -0.263. The second kappa shape index (κ2) is 11.2. The average molecular weight is 490 g/mol. The van der Waals surface area contributed by atoms with Crippen LogP contribution in [-0.4, -0.2) is 56.0 Å². The highest BCUT2D eigenvalue weighted by Crippen LogP contribution is 2.37. The summed E-state index contributed by atoms with van der Waals surface area (Å²) in [7, 11) is -3.68. The van der Waals surface area contributed by atoms with Crippen molar-refractivity contribution < 1.29 is 18.0 Å². The molecule has 0 saturated carbocycles. The van der Waals surface area contributed by atoms with Crippen LogP contribution in [-0.2, 0) is 26.0 Å². The third-order valence-corrected chi connectivity index (χ3v) is 8.79. The zero-order chi connectivity index (χ0) is 24.0. The van der Waals surface area contributed by atoms with Crippen LogP contribution < -0.4 is 10.2 Å². The van der Waals surface area contributed by atoms with Crippen LogP contribution in [0.3, 0.4) is 0 Å². The largest absolute Gasteiger partial charge is 0.351 e. The van der Waals surface area contributed by atoms with Crippen LogP contribution in [0.1, 0.15) is 32.8 Å². The average Bonchev–Trinajstić information content (AvgIpc) is 2.81. The van der Waals surface area contributed by atoms with Crippen LogP contribution in [0.2, 0.25) is 0 Å². The van der Waals surface area contributed by atoms with E-state index in [1.807, 2.05) is 37.3 Å². The Morgan fingerprint density at radius 3 is 2.45 bits per heavy atom. The lowest BCUT2D eigenvalue weighted by Crippen LogP contribution is -2.46. The predicted molar refractivity (Wildman–Crippen MR) is 132 cm³/mol. The van der Waals surface area contributed by atoms with Gasteiger partial charge in [-0.25, -0.2) is 8.42 Å². The smallest absolute Gasteiger partial charge is 0.243 e. The van der Waals surface area contributed by atoms with Crippen molar-refractivity contribution >= 4 is 39.3 Å². The Kier molecular flexibility index (Phi) is 8.56. The maximum Gasteiger partial charge on any atom is 0.243 e. The molecule has 0 aliphatic carbocycles. The molecule has 1 unspecified atom stereocenters. The minimum absolute atomic E-state index is 0.0528. The summed E-state index contributed by atoms with van der Waals surface area (Å²) in [6, 6.07) is 14.7. The van der Waals surface area contributed by atoms with Gasteiger partial charge in [0.05, 0.1) is 16.3 Å². The molecule has 2 amide bonds. The van der Waals surface area contributed by atoms with Gasteiger partial charge in [-0.2, -0.15) is 4.31 Å². The second-order valence-corrected chi connectivity index (χ2v) is 10.8. The van der Waals surface area contributed by atoms with E-state index in [1.54, 1.807) is 26.0 Å². The number of thioether (sulfide) groups is 1. The lowest BCUT2D eigenvalue weighted by atomic mass is 10.0. The van der Waals surface area contributed by atoms with Crippen molar-refractivity contribution in [3.05, 3.63) is 54.1 Å². The molecule has 1 atom stereocenters. The first-order chi connectivity index (χ1) is 15.8. The molecule has 9 heteroatoms. The number of amides is 2. The van der Waals surface area contributed by atoms with Crippen LogP contribution in [0.25, 0.3) is 0 Å². The topological polar surface area (TPSA) is 86.8 Å². The van der Waals surface area contributed by atoms with Gasteiger partial charge in [-0.3, -0.25) is 9.59 Å². The molecular weight excluding hydrogens is 458 g/mol. The molecule has 0 spiro atoms. The normalized spacial score (nSPS) is 14.8. The molecular formula is C24H31N3O4S2. The minimum atomic E-state index is -3.68. The maximum absolute atomic E-state index is 13.0. The molecule has 0 radical (unpaired) electrons. The van der Waals surface area contributed by atoms with Gasteiger partial charge in [0, 0.05) is 24.0 Å². The molecule has 1 aliphatic heterocycles. The summed E-state index contributed by atoms with van der Waals surface area (Å²) >= 11 is 1.36. The maximum atomic E-state index is 13.0. The second-order valence-electron chi connectivity index (χ2n) is 7.85. The van der Waals surface area contributed by atoms with E-state index in [2.05, 4.69) is 5.32 Å². The Balaban J connectivity index is 1.80. The first-order valence-electron chi connectivity index (χ1n) is 11.2. The summed E-state index contributed by atoms with van der Waals surface area (Å²) < 4.78 is 27.3. The van der Waals surface area contributed by atoms with E-state index < -0.39 is 10.0 Å². The zero-order valence-corrected chi connectivity index (χ0v) is 20.9. The van der Waals surface area contributed by atoms with Crippen molar-refractivity contribution in [3.63, 3.8) is 0 Å². The highest BCUT2D eigenvalue weighted by Gasteiger charge is 2.30. The third-order valence-electron chi connectivity index (χ3n) is 5.70. The summed E-state index contributed by atoms with van der Waals surface area (Å²) in [6.45, 7) is 6.15. The first kappa shape index (κ1) is 25.3. The Hall–Kier alpha value is -2.36. The number of nitrogens with zero attached hydrogens (tertiary/aromatic N) is 2. The highest BCUT2D eigenvalue weighted by atomic mass is 32.2. The molecule has 3 rings (SSSR count). The molecule has 33 heavy (non-hydrogen) atoms. The predicted octanol–water partition coefficient (Wildman–Crippen LogP) is 3.29. The first-order valence-corrected chi connectivity index (χ1v) is 13.6. The summed E-state index contributed by atoms with van der Waals surface area (Å²) in [4.78, 5) is 27.9. The fraction of sp³-hybridized carbons (Fsp3) is 0.417. The molecule has 1 aliphatic rings. The van der Waals surface area contributed by atoms with E-state index in [4.69, 9.17) is 0 Å². The lowest BCUT2D eigenvalue weighted by molar-refractivity contribution is -0.123. The van der Waals surface area contributed by atoms with E-state index in [0.717, 1.165) is 16.9 Å². The molecule has 0 saturated heterocycles. The van der Waals surface area contributed by atoms with Gasteiger partial charge in [0.2, 0.25) is 21.8 Å². The molecule has 0 fully saturated rings. The molecule has 0 aromatic heterocycles. The van der Waals surface area contributed by atoms with Gasteiger partial charge in [-0.15, -0.1) is 11.8 Å². The Labute approximate surface area is 200 Å². The number of hydrogen-bond acceptors (Lipinski definition) is 5. The summed E-state index contributed by atoms with van der Waals surface area (Å²) in [5, 5.41) is 3.03. The number of fused-ring (bicyclic) bond motifs is 1. The van der Waals surface area contributed by atoms with E-state index in [9.17, 15) is 18.0 Å². The monoisotopic (exact) mass is 489 g/mol. The Morgan fingerprint density at radius 2 is 1.82 bits per heavy atom. The zero-order valence-electron chi connectivity index (χ0n) is 19.3. The number of carbonyl (C=O) groups excluding carboxylic acids is 2. The van der Waals surface area contributed by atoms with Crippen molar-refractivity contribution in [2.24, 2.45) is 0 Å². The van der Waals surface area contributed by atoms with Gasteiger partial charge in [0.15, 0.2) is 0 Å². The van der Waals surface area contributed by atoms with Crippen LogP contribution in [0.15, 0.2) is 58.3 Å². The summed E-state index contributed by atoms with van der Waals surface area (Å²) in [6.07, 6.45) is 1.46. The van der Waals surface area contributed by atoms with Gasteiger partial charge in [0.1, 0.15) is 6.54 Å². The lowest BCUT2D eigenvalue weighted by Gasteiger charge is -2.30. The van der Waals surface area contributed by atoms with Crippen LogP contribution >= 0.6 is 11.8 Å². The van der Waals surface area contributed by atoms with E-state index in [1.165, 1.54) is 27.0 Å². The highest BCUT2D eigenvalue weighted by molar-refractivity contribution is 8.00. The molecule has 1 heterocycles. The van der Waals surface area contributed by atoms with Crippen molar-refractivity contribution in [2.45, 2.75) is 49.4 Å². The van der Waals surface area contributed by atoms with E-state index in [0.29, 0.717) is 25.2 Å². The van der Waals surface area contributed by atoms with Crippen LogP contribution in [0.5, 0.6) is 0 Å². The molecule has 1 N–H and O–H groups in total. The van der Waals surface area contributed by atoms with Crippen molar-refractivity contribution in [1.29, 1.82) is 0 Å². The number of rotatable bonds is 10. The Bertz CT molecular complexity index is 1090. The SMILES string of the molecule is CCC(Cc1ccccc1)NC(=O)CN1C(=O)CSc2ccc(S(=O)(=O)N(CC)CC)cc21. The van der Waals surface area contributed by atoms with Gasteiger partial charge < -0.3 is 10.2 Å². The van der Waals surface area contributed by atoms with Crippen LogP contribution in [0.4, 0.5) is 5.69 Å². The Morgan fingerprint density at radius 1 is 1.12 bits per heavy atom. The van der Waals surface area contributed by atoms with E-state index >= 15 is 0 Å².